The minimum Gasteiger partial charge on any atom is -0.380 e. The summed E-state index contributed by atoms with van der Waals surface area (Å²) in [5, 5.41) is 3.13. The molecule has 106 valence electrons. The summed E-state index contributed by atoms with van der Waals surface area (Å²) in [7, 11) is 1.70. The maximum atomic E-state index is 5.82. The number of ether oxygens (including phenoxy) is 1. The highest BCUT2D eigenvalue weighted by atomic mass is 16.5. The summed E-state index contributed by atoms with van der Waals surface area (Å²) < 4.78 is 5.11. The summed E-state index contributed by atoms with van der Waals surface area (Å²) in [5.74, 6) is 1.18. The molecule has 0 aliphatic carbocycles. The Morgan fingerprint density at radius 1 is 1.37 bits per heavy atom. The Hall–Kier alpha value is -1.55. The average Bonchev–Trinajstić information content (AvgIpc) is 2.37. The molecule has 19 heavy (non-hydrogen) atoms. The Bertz CT molecular complexity index is 402. The lowest BCUT2D eigenvalue weighted by Crippen LogP contribution is -2.32. The maximum absolute atomic E-state index is 5.82. The van der Waals surface area contributed by atoms with Gasteiger partial charge in [0.05, 0.1) is 13.2 Å². The predicted octanol–water partition coefficient (Wildman–Crippen LogP) is 2.28. The van der Waals surface area contributed by atoms with Crippen LogP contribution in [0.5, 0.6) is 0 Å². The van der Waals surface area contributed by atoms with E-state index in [2.05, 4.69) is 30.2 Å². The monoisotopic (exact) mass is 263 g/mol. The van der Waals surface area contributed by atoms with Crippen molar-refractivity contribution in [3.8, 4) is 0 Å². The van der Waals surface area contributed by atoms with Crippen molar-refractivity contribution in [3.63, 3.8) is 0 Å². The van der Waals surface area contributed by atoms with Crippen molar-refractivity contribution in [1.82, 2.24) is 5.32 Å². The van der Waals surface area contributed by atoms with Crippen molar-refractivity contribution in [3.05, 3.63) is 35.4 Å². The Labute approximate surface area is 116 Å². The van der Waals surface area contributed by atoms with Gasteiger partial charge in [-0.15, -0.1) is 0 Å². The van der Waals surface area contributed by atoms with Crippen LogP contribution in [0.1, 0.15) is 31.4 Å². The molecule has 0 saturated heterocycles. The van der Waals surface area contributed by atoms with Gasteiger partial charge in [0.25, 0.3) is 0 Å². The van der Waals surface area contributed by atoms with Crippen LogP contribution in [0.3, 0.4) is 0 Å². The van der Waals surface area contributed by atoms with Gasteiger partial charge < -0.3 is 15.8 Å². The summed E-state index contributed by atoms with van der Waals surface area (Å²) in [6.07, 6.45) is 1.10. The number of nitrogens with two attached hydrogens (primary N) is 1. The van der Waals surface area contributed by atoms with Crippen LogP contribution in [0.25, 0.3) is 0 Å². The van der Waals surface area contributed by atoms with E-state index in [-0.39, 0.29) is 0 Å². The fourth-order valence-electron chi connectivity index (χ4n) is 1.71. The lowest BCUT2D eigenvalue weighted by Gasteiger charge is -2.08. The number of rotatable bonds is 7. The first-order valence-corrected chi connectivity index (χ1v) is 6.72. The van der Waals surface area contributed by atoms with Crippen LogP contribution in [-0.2, 0) is 17.9 Å². The van der Waals surface area contributed by atoms with E-state index in [0.717, 1.165) is 24.1 Å². The Morgan fingerprint density at radius 2 is 2.11 bits per heavy atom. The van der Waals surface area contributed by atoms with Gasteiger partial charge in [-0.2, -0.15) is 0 Å². The van der Waals surface area contributed by atoms with Crippen molar-refractivity contribution in [2.24, 2.45) is 16.6 Å². The third kappa shape index (κ3) is 6.82. The molecule has 0 amide bonds. The second-order valence-electron chi connectivity index (χ2n) is 5.06. The molecular formula is C15H25N3O. The minimum atomic E-state index is 0.512. The number of methoxy groups -OCH3 is 1. The normalized spacial score (nSPS) is 11.9. The molecule has 1 aromatic carbocycles. The number of hydrogen-bond donors (Lipinski definition) is 2. The van der Waals surface area contributed by atoms with Gasteiger partial charge in [-0.1, -0.05) is 38.1 Å². The van der Waals surface area contributed by atoms with Gasteiger partial charge in [0.1, 0.15) is 0 Å². The zero-order chi connectivity index (χ0) is 14.1. The van der Waals surface area contributed by atoms with Crippen molar-refractivity contribution < 1.29 is 4.74 Å². The minimum absolute atomic E-state index is 0.512. The number of nitrogens with one attached hydrogen (secondary N) is 1. The number of nitrogens with zero attached hydrogens (tertiary/aromatic N) is 1. The zero-order valence-electron chi connectivity index (χ0n) is 12.1. The first kappa shape index (κ1) is 15.5. The molecule has 4 heteroatoms. The van der Waals surface area contributed by atoms with E-state index in [9.17, 15) is 0 Å². The molecule has 0 bridgehead atoms. The van der Waals surface area contributed by atoms with Crippen LogP contribution >= 0.6 is 0 Å². The zero-order valence-corrected chi connectivity index (χ0v) is 12.1. The molecule has 0 saturated carbocycles. The van der Waals surface area contributed by atoms with Gasteiger partial charge in [-0.25, -0.2) is 4.99 Å². The SMILES string of the molecule is COCc1cccc(CN=C(N)NCCC(C)C)c1. The summed E-state index contributed by atoms with van der Waals surface area (Å²) in [5.41, 5.74) is 8.11. The maximum Gasteiger partial charge on any atom is 0.188 e. The Morgan fingerprint density at radius 3 is 2.79 bits per heavy atom. The third-order valence-corrected chi connectivity index (χ3v) is 2.76. The van der Waals surface area contributed by atoms with Crippen LogP contribution in [0, 0.1) is 5.92 Å². The highest BCUT2D eigenvalue weighted by Crippen LogP contribution is 2.07. The van der Waals surface area contributed by atoms with E-state index >= 15 is 0 Å². The largest absolute Gasteiger partial charge is 0.380 e. The van der Waals surface area contributed by atoms with Crippen LogP contribution in [0.15, 0.2) is 29.3 Å². The molecule has 0 spiro atoms. The number of aliphatic imine (C=N–C) groups is 1. The summed E-state index contributed by atoms with van der Waals surface area (Å²) in [4.78, 5) is 4.33. The molecule has 3 N–H and O–H groups in total. The van der Waals surface area contributed by atoms with Crippen molar-refractivity contribution >= 4 is 5.96 Å². The van der Waals surface area contributed by atoms with E-state index in [1.165, 1.54) is 0 Å². The van der Waals surface area contributed by atoms with E-state index in [0.29, 0.717) is 25.0 Å². The molecule has 0 heterocycles. The molecule has 0 unspecified atom stereocenters. The first-order chi connectivity index (χ1) is 9.11. The molecule has 4 nitrogen and oxygen atoms in total. The second kappa shape index (κ2) is 8.53. The van der Waals surface area contributed by atoms with E-state index in [4.69, 9.17) is 10.5 Å². The molecule has 0 atom stereocenters. The van der Waals surface area contributed by atoms with Crippen molar-refractivity contribution in [2.45, 2.75) is 33.4 Å². The van der Waals surface area contributed by atoms with Gasteiger partial charge in [-0.3, -0.25) is 0 Å². The van der Waals surface area contributed by atoms with E-state index < -0.39 is 0 Å². The van der Waals surface area contributed by atoms with Gasteiger partial charge in [-0.05, 0) is 23.5 Å². The van der Waals surface area contributed by atoms with Crippen LogP contribution in [0.2, 0.25) is 0 Å². The van der Waals surface area contributed by atoms with Crippen molar-refractivity contribution in [2.75, 3.05) is 13.7 Å². The molecule has 0 aliphatic heterocycles. The molecular weight excluding hydrogens is 238 g/mol. The van der Waals surface area contributed by atoms with Crippen LogP contribution in [-0.4, -0.2) is 19.6 Å². The first-order valence-electron chi connectivity index (χ1n) is 6.72. The van der Waals surface area contributed by atoms with Gasteiger partial charge in [0.15, 0.2) is 5.96 Å². The quantitative estimate of drug-likeness (QED) is 0.586. The number of guanidine groups is 1. The molecule has 0 aromatic heterocycles. The highest BCUT2D eigenvalue weighted by molar-refractivity contribution is 5.77. The van der Waals surface area contributed by atoms with Gasteiger partial charge in [0.2, 0.25) is 0 Å². The third-order valence-electron chi connectivity index (χ3n) is 2.76. The molecule has 0 radical (unpaired) electrons. The molecule has 1 rings (SSSR count). The topological polar surface area (TPSA) is 59.6 Å². The predicted molar refractivity (Wildman–Crippen MR) is 79.9 cm³/mol. The fraction of sp³-hybridized carbons (Fsp3) is 0.533. The fourth-order valence-corrected chi connectivity index (χ4v) is 1.71. The standard InChI is InChI=1S/C15H25N3O/c1-12(2)7-8-17-15(16)18-10-13-5-4-6-14(9-13)11-19-3/h4-6,9,12H,7-8,10-11H2,1-3H3,(H3,16,17,18). The van der Waals surface area contributed by atoms with Gasteiger partial charge in [0, 0.05) is 13.7 Å². The summed E-state index contributed by atoms with van der Waals surface area (Å²) in [6.45, 7) is 6.47. The highest BCUT2D eigenvalue weighted by Gasteiger charge is 1.97. The lowest BCUT2D eigenvalue weighted by atomic mass is 10.1. The molecule has 0 aliphatic rings. The Balaban J connectivity index is 2.43. The average molecular weight is 263 g/mol. The van der Waals surface area contributed by atoms with Crippen molar-refractivity contribution in [1.29, 1.82) is 0 Å². The van der Waals surface area contributed by atoms with Crippen LogP contribution in [0.4, 0.5) is 0 Å². The number of hydrogen-bond acceptors (Lipinski definition) is 2. The molecule has 1 aromatic rings. The lowest BCUT2D eigenvalue weighted by molar-refractivity contribution is 0.185. The van der Waals surface area contributed by atoms with Gasteiger partial charge >= 0.3 is 0 Å². The smallest absolute Gasteiger partial charge is 0.188 e. The van der Waals surface area contributed by atoms with E-state index in [1.54, 1.807) is 7.11 Å². The molecule has 0 fully saturated rings. The summed E-state index contributed by atoms with van der Waals surface area (Å²) in [6, 6.07) is 8.20. The number of benzene rings is 1. The van der Waals surface area contributed by atoms with Crippen LogP contribution < -0.4 is 11.1 Å². The summed E-state index contributed by atoms with van der Waals surface area (Å²) >= 11 is 0. The Kier molecular flexibility index (Phi) is 6.97. The second-order valence-corrected chi connectivity index (χ2v) is 5.06. The van der Waals surface area contributed by atoms with E-state index in [1.807, 2.05) is 18.2 Å².